The lowest BCUT2D eigenvalue weighted by Crippen LogP contribution is -2.49. The highest BCUT2D eigenvalue weighted by molar-refractivity contribution is 14.0. The molecule has 3 rings (SSSR count). The average Bonchev–Trinajstić information content (AvgIpc) is 3.09. The molecule has 0 amide bonds. The third-order valence-electron chi connectivity index (χ3n) is 5.59. The first-order chi connectivity index (χ1) is 12.7. The van der Waals surface area contributed by atoms with Gasteiger partial charge in [-0.15, -0.1) is 24.0 Å². The number of benzene rings is 1. The lowest BCUT2D eigenvalue weighted by molar-refractivity contribution is 0.0573. The van der Waals surface area contributed by atoms with Gasteiger partial charge in [0, 0.05) is 32.2 Å². The minimum atomic E-state index is -0.582. The van der Waals surface area contributed by atoms with E-state index in [2.05, 4.69) is 57.8 Å². The van der Waals surface area contributed by atoms with E-state index in [1.807, 2.05) is 0 Å². The van der Waals surface area contributed by atoms with Crippen molar-refractivity contribution in [2.75, 3.05) is 26.2 Å². The Morgan fingerprint density at radius 2 is 1.85 bits per heavy atom. The Morgan fingerprint density at radius 3 is 2.48 bits per heavy atom. The summed E-state index contributed by atoms with van der Waals surface area (Å²) in [6, 6.07) is 11.2. The molecule has 1 aliphatic carbocycles. The Balaban J connectivity index is 0.00000261. The predicted octanol–water partition coefficient (Wildman–Crippen LogP) is 3.13. The van der Waals surface area contributed by atoms with Crippen LogP contribution in [0.15, 0.2) is 35.3 Å². The molecule has 5 nitrogen and oxygen atoms in total. The summed E-state index contributed by atoms with van der Waals surface area (Å²) in [4.78, 5) is 7.21. The second-order valence-corrected chi connectivity index (χ2v) is 7.81. The van der Waals surface area contributed by atoms with Crippen molar-refractivity contribution in [1.82, 2.24) is 15.5 Å². The number of rotatable bonds is 6. The molecule has 0 bridgehead atoms. The van der Waals surface area contributed by atoms with Crippen molar-refractivity contribution in [3.8, 4) is 0 Å². The fourth-order valence-electron chi connectivity index (χ4n) is 4.01. The van der Waals surface area contributed by atoms with Crippen LogP contribution in [0, 0.1) is 0 Å². The van der Waals surface area contributed by atoms with E-state index in [-0.39, 0.29) is 24.0 Å². The number of piperidine rings is 1. The summed E-state index contributed by atoms with van der Waals surface area (Å²) in [7, 11) is 0. The van der Waals surface area contributed by atoms with Crippen molar-refractivity contribution in [1.29, 1.82) is 0 Å². The number of nitrogens with one attached hydrogen (secondary N) is 2. The Hall–Kier alpha value is -0.860. The molecule has 1 heterocycles. The predicted molar refractivity (Wildman–Crippen MR) is 123 cm³/mol. The summed E-state index contributed by atoms with van der Waals surface area (Å²) < 4.78 is 0. The molecule has 152 valence electrons. The Kier molecular flexibility index (Phi) is 9.32. The topological polar surface area (TPSA) is 59.9 Å². The SMILES string of the molecule is CCNC(=NCC1(O)CCCC1)NC1CCN(Cc2ccccc2)CC1.I. The molecule has 0 atom stereocenters. The Morgan fingerprint density at radius 1 is 1.19 bits per heavy atom. The smallest absolute Gasteiger partial charge is 0.191 e. The van der Waals surface area contributed by atoms with Gasteiger partial charge in [-0.2, -0.15) is 0 Å². The van der Waals surface area contributed by atoms with Crippen LogP contribution in [0.25, 0.3) is 0 Å². The van der Waals surface area contributed by atoms with E-state index in [1.54, 1.807) is 0 Å². The molecule has 0 unspecified atom stereocenters. The number of hydrogen-bond donors (Lipinski definition) is 3. The van der Waals surface area contributed by atoms with E-state index >= 15 is 0 Å². The summed E-state index contributed by atoms with van der Waals surface area (Å²) in [5.74, 6) is 0.856. The molecule has 27 heavy (non-hydrogen) atoms. The van der Waals surface area contributed by atoms with Crippen LogP contribution in [0.1, 0.15) is 51.0 Å². The first-order valence-corrected chi connectivity index (χ1v) is 10.2. The number of guanidine groups is 1. The Labute approximate surface area is 181 Å². The van der Waals surface area contributed by atoms with E-state index in [1.165, 1.54) is 5.56 Å². The number of halogens is 1. The summed E-state index contributed by atoms with van der Waals surface area (Å²) in [5, 5.41) is 17.4. The quantitative estimate of drug-likeness (QED) is 0.329. The second-order valence-electron chi connectivity index (χ2n) is 7.81. The highest BCUT2D eigenvalue weighted by Gasteiger charge is 2.31. The van der Waals surface area contributed by atoms with Crippen LogP contribution < -0.4 is 10.6 Å². The van der Waals surface area contributed by atoms with Crippen molar-refractivity contribution in [3.05, 3.63) is 35.9 Å². The van der Waals surface area contributed by atoms with Gasteiger partial charge in [0.2, 0.25) is 0 Å². The van der Waals surface area contributed by atoms with Gasteiger partial charge in [0.1, 0.15) is 0 Å². The molecular formula is C21H35IN4O. The third kappa shape index (κ3) is 7.23. The average molecular weight is 486 g/mol. The monoisotopic (exact) mass is 486 g/mol. The Bertz CT molecular complexity index is 567. The number of aliphatic imine (C=N–C) groups is 1. The van der Waals surface area contributed by atoms with Crippen LogP contribution in [-0.2, 0) is 6.54 Å². The molecule has 0 aromatic heterocycles. The van der Waals surface area contributed by atoms with Crippen molar-refractivity contribution >= 4 is 29.9 Å². The second kappa shape index (κ2) is 11.2. The van der Waals surface area contributed by atoms with Crippen molar-refractivity contribution in [2.24, 2.45) is 4.99 Å². The minimum Gasteiger partial charge on any atom is -0.388 e. The molecule has 6 heteroatoms. The molecule has 2 aliphatic rings. The fourth-order valence-corrected chi connectivity index (χ4v) is 4.01. The van der Waals surface area contributed by atoms with Gasteiger partial charge < -0.3 is 15.7 Å². The highest BCUT2D eigenvalue weighted by Crippen LogP contribution is 2.29. The van der Waals surface area contributed by atoms with Gasteiger partial charge in [-0.1, -0.05) is 43.2 Å². The maximum atomic E-state index is 10.5. The first kappa shape index (κ1) is 22.4. The van der Waals surface area contributed by atoms with Crippen molar-refractivity contribution in [2.45, 2.75) is 63.6 Å². The fraction of sp³-hybridized carbons (Fsp3) is 0.667. The van der Waals surface area contributed by atoms with Crippen LogP contribution in [0.3, 0.4) is 0 Å². The van der Waals surface area contributed by atoms with E-state index in [0.29, 0.717) is 12.6 Å². The largest absolute Gasteiger partial charge is 0.388 e. The van der Waals surface area contributed by atoms with Gasteiger partial charge >= 0.3 is 0 Å². The van der Waals surface area contributed by atoms with Gasteiger partial charge in [-0.25, -0.2) is 0 Å². The maximum Gasteiger partial charge on any atom is 0.191 e. The van der Waals surface area contributed by atoms with Gasteiger partial charge in [-0.3, -0.25) is 9.89 Å². The van der Waals surface area contributed by atoms with Crippen LogP contribution in [-0.4, -0.2) is 53.8 Å². The van der Waals surface area contributed by atoms with Crippen molar-refractivity contribution < 1.29 is 5.11 Å². The summed E-state index contributed by atoms with van der Waals surface area (Å²) in [6.45, 7) is 6.69. The van der Waals surface area contributed by atoms with Crippen LogP contribution in [0.5, 0.6) is 0 Å². The first-order valence-electron chi connectivity index (χ1n) is 10.2. The van der Waals surface area contributed by atoms with Crippen LogP contribution in [0.2, 0.25) is 0 Å². The van der Waals surface area contributed by atoms with Crippen LogP contribution >= 0.6 is 24.0 Å². The number of aliphatic hydroxyl groups is 1. The van der Waals surface area contributed by atoms with E-state index in [0.717, 1.165) is 70.7 Å². The highest BCUT2D eigenvalue weighted by atomic mass is 127. The minimum absolute atomic E-state index is 0. The van der Waals surface area contributed by atoms with Gasteiger partial charge in [0.15, 0.2) is 5.96 Å². The van der Waals surface area contributed by atoms with E-state index in [4.69, 9.17) is 0 Å². The zero-order valence-electron chi connectivity index (χ0n) is 16.5. The standard InChI is InChI=1S/C21H34N4O.HI/c1-2-22-20(23-17-21(26)12-6-7-13-21)24-19-10-14-25(15-11-19)16-18-8-4-3-5-9-18;/h3-5,8-9,19,26H,2,6-7,10-17H2,1H3,(H2,22,23,24);1H. The molecule has 1 saturated carbocycles. The molecule has 1 aliphatic heterocycles. The summed E-state index contributed by atoms with van der Waals surface area (Å²) in [6.07, 6.45) is 6.26. The van der Waals surface area contributed by atoms with Gasteiger partial charge in [0.25, 0.3) is 0 Å². The number of likely N-dealkylation sites (tertiary alicyclic amines) is 1. The van der Waals surface area contributed by atoms with E-state index < -0.39 is 5.60 Å². The molecule has 0 spiro atoms. The zero-order chi connectivity index (χ0) is 18.2. The molecule has 0 radical (unpaired) electrons. The summed E-state index contributed by atoms with van der Waals surface area (Å²) >= 11 is 0. The molecule has 2 fully saturated rings. The van der Waals surface area contributed by atoms with Gasteiger partial charge in [-0.05, 0) is 38.2 Å². The molecule has 3 N–H and O–H groups in total. The van der Waals surface area contributed by atoms with E-state index in [9.17, 15) is 5.11 Å². The molecule has 1 aromatic rings. The van der Waals surface area contributed by atoms with Gasteiger partial charge in [0.05, 0.1) is 12.1 Å². The number of hydrogen-bond acceptors (Lipinski definition) is 3. The normalized spacial score (nSPS) is 20.9. The van der Waals surface area contributed by atoms with Crippen LogP contribution in [0.4, 0.5) is 0 Å². The lowest BCUT2D eigenvalue weighted by atomic mass is 10.0. The molecule has 1 aromatic carbocycles. The van der Waals surface area contributed by atoms with Crippen molar-refractivity contribution in [3.63, 3.8) is 0 Å². The molecular weight excluding hydrogens is 451 g/mol. The molecule has 1 saturated heterocycles. The maximum absolute atomic E-state index is 10.5. The number of nitrogens with zero attached hydrogens (tertiary/aromatic N) is 2. The summed E-state index contributed by atoms with van der Waals surface area (Å²) in [5.41, 5.74) is 0.806. The lowest BCUT2D eigenvalue weighted by Gasteiger charge is -2.33. The third-order valence-corrected chi connectivity index (χ3v) is 5.59. The zero-order valence-corrected chi connectivity index (χ0v) is 18.8.